The van der Waals surface area contributed by atoms with E-state index >= 15 is 0 Å². The predicted molar refractivity (Wildman–Crippen MR) is 60.7 cm³/mol. The highest BCUT2D eigenvalue weighted by Gasteiger charge is 2.30. The molecule has 0 atom stereocenters. The average Bonchev–Trinajstić information content (AvgIpc) is 2.66. The minimum Gasteiger partial charge on any atom is -0.340 e. The molecule has 0 aliphatic carbocycles. The molecule has 2 heterocycles. The Morgan fingerprint density at radius 2 is 2.00 bits per heavy atom. The van der Waals surface area contributed by atoms with Gasteiger partial charge in [0.2, 0.25) is 5.91 Å². The highest BCUT2D eigenvalue weighted by atomic mass is 16.2. The van der Waals surface area contributed by atoms with Gasteiger partial charge >= 0.3 is 0 Å². The van der Waals surface area contributed by atoms with E-state index in [2.05, 4.69) is 16.7 Å². The molecule has 0 spiro atoms. The summed E-state index contributed by atoms with van der Waals surface area (Å²) in [5.41, 5.74) is 0. The lowest BCUT2D eigenvalue weighted by Gasteiger charge is -2.36. The topological polar surface area (TPSA) is 23.6 Å². The van der Waals surface area contributed by atoms with E-state index in [0.29, 0.717) is 11.9 Å². The highest BCUT2D eigenvalue weighted by molar-refractivity contribution is 5.78. The summed E-state index contributed by atoms with van der Waals surface area (Å²) in [5.74, 6) is 0.393. The predicted octanol–water partition coefficient (Wildman–Crippen LogP) is 1.48. The molecule has 0 bridgehead atoms. The molecule has 2 fully saturated rings. The maximum Gasteiger partial charge on any atom is 0.222 e. The van der Waals surface area contributed by atoms with Gasteiger partial charge < -0.3 is 9.80 Å². The molecule has 0 aromatic rings. The van der Waals surface area contributed by atoms with Crippen LogP contribution in [-0.4, -0.2) is 47.9 Å². The van der Waals surface area contributed by atoms with Crippen LogP contribution in [0, 0.1) is 0 Å². The molecule has 3 heteroatoms. The zero-order valence-electron chi connectivity index (χ0n) is 9.74. The Morgan fingerprint density at radius 1 is 1.27 bits per heavy atom. The molecule has 0 saturated carbocycles. The Bertz CT molecular complexity index is 222. The van der Waals surface area contributed by atoms with E-state index in [9.17, 15) is 4.79 Å². The molecule has 2 aliphatic heterocycles. The van der Waals surface area contributed by atoms with Gasteiger partial charge in [-0.15, -0.1) is 0 Å². The van der Waals surface area contributed by atoms with Gasteiger partial charge in [0.05, 0.1) is 0 Å². The fourth-order valence-corrected chi connectivity index (χ4v) is 2.83. The minimum absolute atomic E-state index is 0.393. The summed E-state index contributed by atoms with van der Waals surface area (Å²) in [6.07, 6.45) is 5.48. The molecular weight excluding hydrogens is 188 g/mol. The van der Waals surface area contributed by atoms with Gasteiger partial charge in [-0.05, 0) is 32.2 Å². The Balaban J connectivity index is 1.80. The lowest BCUT2D eigenvalue weighted by atomic mass is 10.0. The van der Waals surface area contributed by atoms with Crippen LogP contribution in [0.5, 0.6) is 0 Å². The van der Waals surface area contributed by atoms with Crippen molar-refractivity contribution in [3.8, 4) is 0 Å². The third-order valence-corrected chi connectivity index (χ3v) is 3.65. The van der Waals surface area contributed by atoms with Crippen molar-refractivity contribution in [3.63, 3.8) is 0 Å². The number of rotatable bonds is 3. The van der Waals surface area contributed by atoms with Crippen molar-refractivity contribution in [2.24, 2.45) is 0 Å². The summed E-state index contributed by atoms with van der Waals surface area (Å²) in [4.78, 5) is 16.2. The summed E-state index contributed by atoms with van der Waals surface area (Å²) in [6, 6.07) is 0.549. The van der Waals surface area contributed by atoms with Gasteiger partial charge in [-0.3, -0.25) is 4.79 Å². The smallest absolute Gasteiger partial charge is 0.222 e. The molecule has 1 amide bonds. The number of piperidine rings is 1. The molecule has 2 saturated heterocycles. The van der Waals surface area contributed by atoms with Crippen LogP contribution in [0.4, 0.5) is 0 Å². The second-order valence-corrected chi connectivity index (χ2v) is 4.76. The number of amides is 1. The molecule has 15 heavy (non-hydrogen) atoms. The maximum absolute atomic E-state index is 11.6. The van der Waals surface area contributed by atoms with E-state index in [-0.39, 0.29) is 0 Å². The van der Waals surface area contributed by atoms with Gasteiger partial charge in [0.25, 0.3) is 0 Å². The monoisotopic (exact) mass is 210 g/mol. The van der Waals surface area contributed by atoms with Crippen LogP contribution in [0.1, 0.15) is 39.0 Å². The fraction of sp³-hybridized carbons (Fsp3) is 0.917. The van der Waals surface area contributed by atoms with E-state index in [1.165, 1.54) is 38.9 Å². The molecule has 0 radical (unpaired) electrons. The molecule has 2 aliphatic rings. The summed E-state index contributed by atoms with van der Waals surface area (Å²) >= 11 is 0. The van der Waals surface area contributed by atoms with Crippen molar-refractivity contribution >= 4 is 5.91 Å². The van der Waals surface area contributed by atoms with Crippen molar-refractivity contribution in [2.45, 2.75) is 45.1 Å². The van der Waals surface area contributed by atoms with Gasteiger partial charge in [0, 0.05) is 32.1 Å². The number of nitrogens with zero attached hydrogens (tertiary/aromatic N) is 2. The van der Waals surface area contributed by atoms with Gasteiger partial charge in [0.1, 0.15) is 0 Å². The van der Waals surface area contributed by atoms with Gasteiger partial charge in [-0.1, -0.05) is 6.92 Å². The zero-order chi connectivity index (χ0) is 10.7. The quantitative estimate of drug-likeness (QED) is 0.704. The maximum atomic E-state index is 11.6. The highest BCUT2D eigenvalue weighted by Crippen LogP contribution is 2.21. The number of carbonyl (C=O) groups is 1. The van der Waals surface area contributed by atoms with Gasteiger partial charge in [-0.2, -0.15) is 0 Å². The lowest BCUT2D eigenvalue weighted by Crippen LogP contribution is -2.45. The summed E-state index contributed by atoms with van der Waals surface area (Å²) in [7, 11) is 0. The van der Waals surface area contributed by atoms with E-state index in [1.54, 1.807) is 0 Å². The number of hydrogen-bond acceptors (Lipinski definition) is 2. The van der Waals surface area contributed by atoms with Crippen LogP contribution in [0.15, 0.2) is 0 Å². The van der Waals surface area contributed by atoms with Crippen molar-refractivity contribution in [3.05, 3.63) is 0 Å². The van der Waals surface area contributed by atoms with Crippen LogP contribution in [0.2, 0.25) is 0 Å². The molecule has 3 nitrogen and oxygen atoms in total. The SMILES string of the molecule is CCCN1CCC(N2CCCC2=O)CC1. The summed E-state index contributed by atoms with van der Waals surface area (Å²) in [6.45, 7) is 6.83. The average molecular weight is 210 g/mol. The Labute approximate surface area is 92.4 Å². The third-order valence-electron chi connectivity index (χ3n) is 3.65. The van der Waals surface area contributed by atoms with Crippen molar-refractivity contribution in [2.75, 3.05) is 26.2 Å². The third kappa shape index (κ3) is 2.51. The first-order chi connectivity index (χ1) is 7.31. The largest absolute Gasteiger partial charge is 0.340 e. The first-order valence-electron chi connectivity index (χ1n) is 6.33. The lowest BCUT2D eigenvalue weighted by molar-refractivity contribution is -0.130. The molecule has 2 rings (SSSR count). The molecular formula is C12H22N2O. The van der Waals surface area contributed by atoms with Crippen molar-refractivity contribution in [1.29, 1.82) is 0 Å². The van der Waals surface area contributed by atoms with Gasteiger partial charge in [0.15, 0.2) is 0 Å². The normalized spacial score (nSPS) is 25.1. The molecule has 86 valence electrons. The standard InChI is InChI=1S/C12H22N2O/c1-2-7-13-9-5-11(6-10-13)14-8-3-4-12(14)15/h11H,2-10H2,1H3. The molecule has 0 aromatic heterocycles. The van der Waals surface area contributed by atoms with Crippen LogP contribution < -0.4 is 0 Å². The molecule has 0 aromatic carbocycles. The van der Waals surface area contributed by atoms with Gasteiger partial charge in [-0.25, -0.2) is 0 Å². The zero-order valence-corrected chi connectivity index (χ0v) is 9.74. The van der Waals surface area contributed by atoms with E-state index < -0.39 is 0 Å². The van der Waals surface area contributed by atoms with Crippen molar-refractivity contribution < 1.29 is 4.79 Å². The van der Waals surface area contributed by atoms with Crippen LogP contribution in [-0.2, 0) is 4.79 Å². The molecule has 0 N–H and O–H groups in total. The Kier molecular flexibility index (Phi) is 3.62. The minimum atomic E-state index is 0.393. The summed E-state index contributed by atoms with van der Waals surface area (Å²) in [5, 5.41) is 0. The molecule has 0 unspecified atom stereocenters. The number of likely N-dealkylation sites (tertiary alicyclic amines) is 2. The van der Waals surface area contributed by atoms with E-state index in [0.717, 1.165) is 19.4 Å². The first kappa shape index (κ1) is 10.9. The van der Waals surface area contributed by atoms with Crippen LogP contribution in [0.3, 0.4) is 0 Å². The van der Waals surface area contributed by atoms with E-state index in [1.807, 2.05) is 0 Å². The second kappa shape index (κ2) is 4.97. The van der Waals surface area contributed by atoms with Crippen LogP contribution >= 0.6 is 0 Å². The number of carbonyl (C=O) groups excluding carboxylic acids is 1. The van der Waals surface area contributed by atoms with Crippen LogP contribution in [0.25, 0.3) is 0 Å². The second-order valence-electron chi connectivity index (χ2n) is 4.76. The number of hydrogen-bond donors (Lipinski definition) is 0. The summed E-state index contributed by atoms with van der Waals surface area (Å²) < 4.78 is 0. The fourth-order valence-electron chi connectivity index (χ4n) is 2.83. The Hall–Kier alpha value is -0.570. The Morgan fingerprint density at radius 3 is 2.53 bits per heavy atom. The van der Waals surface area contributed by atoms with Crippen molar-refractivity contribution in [1.82, 2.24) is 9.80 Å². The van der Waals surface area contributed by atoms with E-state index in [4.69, 9.17) is 0 Å². The first-order valence-corrected chi connectivity index (χ1v) is 6.33.